The van der Waals surface area contributed by atoms with E-state index in [9.17, 15) is 0 Å². The van der Waals surface area contributed by atoms with Crippen molar-refractivity contribution in [3.63, 3.8) is 0 Å². The van der Waals surface area contributed by atoms with Crippen molar-refractivity contribution in [1.29, 1.82) is 0 Å². The predicted molar refractivity (Wildman–Crippen MR) is 92.2 cm³/mol. The fourth-order valence-corrected chi connectivity index (χ4v) is 1.57. The molecule has 2 aliphatic heterocycles. The van der Waals surface area contributed by atoms with Crippen molar-refractivity contribution in [1.82, 2.24) is 9.97 Å². The summed E-state index contributed by atoms with van der Waals surface area (Å²) in [7, 11) is 0. The van der Waals surface area contributed by atoms with Crippen LogP contribution in [0, 0.1) is 0 Å². The molecule has 4 heterocycles. The maximum Gasteiger partial charge on any atom is 0.137 e. The highest BCUT2D eigenvalue weighted by Crippen LogP contribution is 2.15. The Labute approximate surface area is 155 Å². The molecule has 136 valence electrons. The van der Waals surface area contributed by atoms with E-state index >= 15 is 0 Å². The van der Waals surface area contributed by atoms with Gasteiger partial charge < -0.3 is 24.4 Å². The summed E-state index contributed by atoms with van der Waals surface area (Å²) in [5.41, 5.74) is 0. The molecule has 0 unspecified atom stereocenters. The van der Waals surface area contributed by atoms with Crippen molar-refractivity contribution < 1.29 is 24.4 Å². The number of epoxide rings is 2. The molecule has 0 radical (unpaired) electrons. The van der Waals surface area contributed by atoms with Crippen LogP contribution in [0.25, 0.3) is 0 Å². The summed E-state index contributed by atoms with van der Waals surface area (Å²) >= 11 is 11.0. The highest BCUT2D eigenvalue weighted by molar-refractivity contribution is 6.29. The first-order valence-electron chi connectivity index (χ1n) is 7.45. The molecular weight excluding hydrogens is 371 g/mol. The van der Waals surface area contributed by atoms with Gasteiger partial charge in [-0.05, 0) is 24.3 Å². The van der Waals surface area contributed by atoms with Gasteiger partial charge in [0.1, 0.15) is 40.6 Å². The van der Waals surface area contributed by atoms with Gasteiger partial charge in [-0.25, -0.2) is 9.97 Å². The lowest BCUT2D eigenvalue weighted by molar-refractivity contribution is 0.244. The van der Waals surface area contributed by atoms with Crippen molar-refractivity contribution in [3.8, 4) is 11.5 Å². The summed E-state index contributed by atoms with van der Waals surface area (Å²) in [4.78, 5) is 7.47. The van der Waals surface area contributed by atoms with Gasteiger partial charge >= 0.3 is 0 Å². The third-order valence-electron chi connectivity index (χ3n) is 2.86. The summed E-state index contributed by atoms with van der Waals surface area (Å²) in [6.07, 6.45) is 3.36. The van der Waals surface area contributed by atoms with E-state index in [1.54, 1.807) is 18.3 Å². The molecule has 2 aromatic heterocycles. The molecule has 0 amide bonds. The van der Waals surface area contributed by atoms with Crippen LogP contribution in [0.2, 0.25) is 10.3 Å². The van der Waals surface area contributed by atoms with Crippen molar-refractivity contribution in [2.75, 3.05) is 26.4 Å². The van der Waals surface area contributed by atoms with Crippen LogP contribution in [0.5, 0.6) is 11.5 Å². The normalized spacial score (nSPS) is 19.6. The molecule has 0 aromatic carbocycles. The fourth-order valence-electron chi connectivity index (χ4n) is 1.34. The number of hydrogen-bond acceptors (Lipinski definition) is 7. The Hall–Kier alpha value is -1.64. The second-order valence-electron chi connectivity index (χ2n) is 5.06. The van der Waals surface area contributed by atoms with Gasteiger partial charge in [-0.1, -0.05) is 23.2 Å². The molecule has 7 nitrogen and oxygen atoms in total. The van der Waals surface area contributed by atoms with Gasteiger partial charge in [0, 0.05) is 0 Å². The molecule has 2 aliphatic rings. The number of aromatic hydroxyl groups is 1. The lowest BCUT2D eigenvalue weighted by atomic mass is 10.4. The van der Waals surface area contributed by atoms with Gasteiger partial charge in [0.05, 0.1) is 32.2 Å². The number of nitrogens with zero attached hydrogens (tertiary/aromatic N) is 2. The van der Waals surface area contributed by atoms with Crippen molar-refractivity contribution in [2.24, 2.45) is 0 Å². The third-order valence-corrected chi connectivity index (χ3v) is 3.30. The van der Waals surface area contributed by atoms with E-state index in [1.807, 2.05) is 0 Å². The SMILES string of the molecule is Clc1ccc(OC[C@@H]2CO2)cn1.OC[C@@H]1CO1.Oc1ccc(Cl)nc1. The van der Waals surface area contributed by atoms with Gasteiger partial charge in [0.25, 0.3) is 0 Å². The first-order chi connectivity index (χ1) is 12.1. The predicted octanol–water partition coefficient (Wildman–Crippen LogP) is 2.33. The maximum atomic E-state index is 8.64. The lowest BCUT2D eigenvalue weighted by Crippen LogP contribution is -2.03. The van der Waals surface area contributed by atoms with Gasteiger partial charge in [-0.3, -0.25) is 0 Å². The summed E-state index contributed by atoms with van der Waals surface area (Å²) in [5.74, 6) is 0.865. The van der Waals surface area contributed by atoms with Crippen LogP contribution < -0.4 is 4.74 Å². The van der Waals surface area contributed by atoms with Gasteiger partial charge in [0.2, 0.25) is 0 Å². The molecule has 9 heteroatoms. The Kier molecular flexibility index (Phi) is 8.17. The van der Waals surface area contributed by atoms with Crippen LogP contribution in [-0.4, -0.2) is 58.8 Å². The third kappa shape index (κ3) is 9.42. The Morgan fingerprint density at radius 3 is 1.96 bits per heavy atom. The highest BCUT2D eigenvalue weighted by Gasteiger charge is 2.23. The molecular formula is C16H18Cl2N2O5. The molecule has 0 spiro atoms. The zero-order valence-electron chi connectivity index (χ0n) is 13.2. The number of rotatable bonds is 4. The smallest absolute Gasteiger partial charge is 0.137 e. The van der Waals surface area contributed by atoms with Crippen molar-refractivity contribution >= 4 is 23.2 Å². The van der Waals surface area contributed by atoms with Gasteiger partial charge in [-0.15, -0.1) is 0 Å². The molecule has 0 saturated carbocycles. The van der Waals surface area contributed by atoms with Crippen LogP contribution in [0.1, 0.15) is 0 Å². The van der Waals surface area contributed by atoms with Gasteiger partial charge in [-0.2, -0.15) is 0 Å². The highest BCUT2D eigenvalue weighted by atomic mass is 35.5. The maximum absolute atomic E-state index is 8.64. The topological polar surface area (TPSA) is 101 Å². The summed E-state index contributed by atoms with van der Waals surface area (Å²) < 4.78 is 14.9. The van der Waals surface area contributed by atoms with E-state index in [-0.39, 0.29) is 24.6 Å². The van der Waals surface area contributed by atoms with Crippen LogP contribution in [0.4, 0.5) is 0 Å². The molecule has 2 aromatic rings. The first-order valence-corrected chi connectivity index (χ1v) is 8.21. The van der Waals surface area contributed by atoms with E-state index in [0.717, 1.165) is 19.0 Å². The standard InChI is InChI=1S/C8H8ClNO2.C5H4ClNO.C3H6O2/c9-8-2-1-6(3-10-8)11-4-7-5-12-7;6-5-2-1-4(8)3-7-5;4-1-3-2-5-3/h1-3,7H,4-5H2;1-3,8H;3-4H,1-2H2/t7-;;3-/m1.1/s1. The van der Waals surface area contributed by atoms with Crippen LogP contribution >= 0.6 is 23.2 Å². The number of hydrogen-bond donors (Lipinski definition) is 2. The average Bonchev–Trinajstić information content (AvgIpc) is 3.51. The molecule has 2 N–H and O–H groups in total. The summed E-state index contributed by atoms with van der Waals surface area (Å²) in [6, 6.07) is 6.49. The second kappa shape index (κ2) is 10.4. The van der Waals surface area contributed by atoms with E-state index in [2.05, 4.69) is 14.7 Å². The molecule has 2 saturated heterocycles. The fraction of sp³-hybridized carbons (Fsp3) is 0.375. The molecule has 25 heavy (non-hydrogen) atoms. The molecule has 2 atom stereocenters. The quantitative estimate of drug-likeness (QED) is 0.612. The number of ether oxygens (including phenoxy) is 3. The minimum atomic E-state index is 0.134. The first kappa shape index (κ1) is 19.7. The summed E-state index contributed by atoms with van der Waals surface area (Å²) in [5, 5.41) is 17.6. The minimum Gasteiger partial charge on any atom is -0.506 e. The Balaban J connectivity index is 0.000000149. The van der Waals surface area contributed by atoms with Crippen molar-refractivity contribution in [2.45, 2.75) is 12.2 Å². The minimum absolute atomic E-state index is 0.134. The van der Waals surface area contributed by atoms with E-state index in [1.165, 1.54) is 18.3 Å². The van der Waals surface area contributed by atoms with E-state index in [4.69, 9.17) is 42.9 Å². The number of aliphatic hydroxyl groups is 1. The van der Waals surface area contributed by atoms with Gasteiger partial charge in [0.15, 0.2) is 0 Å². The van der Waals surface area contributed by atoms with E-state index < -0.39 is 0 Å². The second-order valence-corrected chi connectivity index (χ2v) is 5.83. The lowest BCUT2D eigenvalue weighted by Gasteiger charge is -2.01. The Morgan fingerprint density at radius 1 is 1.00 bits per heavy atom. The van der Waals surface area contributed by atoms with Crippen LogP contribution in [-0.2, 0) is 9.47 Å². The Morgan fingerprint density at radius 2 is 1.60 bits per heavy atom. The average molecular weight is 389 g/mol. The molecule has 2 fully saturated rings. The van der Waals surface area contributed by atoms with Crippen molar-refractivity contribution in [3.05, 3.63) is 47.0 Å². The summed E-state index contributed by atoms with van der Waals surface area (Å²) in [6.45, 7) is 2.36. The number of halogens is 2. The zero-order valence-corrected chi connectivity index (χ0v) is 14.7. The van der Waals surface area contributed by atoms with E-state index in [0.29, 0.717) is 16.9 Å². The Bertz CT molecular complexity index is 598. The zero-order chi connectivity index (χ0) is 18.1. The number of aliphatic hydroxyl groups excluding tert-OH is 1. The van der Waals surface area contributed by atoms with Crippen LogP contribution in [0.15, 0.2) is 36.7 Å². The number of pyridine rings is 2. The molecule has 0 bridgehead atoms. The van der Waals surface area contributed by atoms with Crippen LogP contribution in [0.3, 0.4) is 0 Å². The molecule has 4 rings (SSSR count). The largest absolute Gasteiger partial charge is 0.506 e. The molecule has 0 aliphatic carbocycles. The monoisotopic (exact) mass is 388 g/mol. The number of aromatic nitrogens is 2.